The summed E-state index contributed by atoms with van der Waals surface area (Å²) in [4.78, 5) is 47.1. The summed E-state index contributed by atoms with van der Waals surface area (Å²) in [5, 5.41) is 21.1. The third-order valence-corrected chi connectivity index (χ3v) is 8.00. The minimum absolute atomic E-state index is 0.00965. The lowest BCUT2D eigenvalue weighted by molar-refractivity contribution is -0.203. The van der Waals surface area contributed by atoms with Gasteiger partial charge in [-0.15, -0.1) is 6.42 Å². The van der Waals surface area contributed by atoms with Crippen molar-refractivity contribution >= 4 is 40.4 Å². The Hall–Kier alpha value is -1.87. The van der Waals surface area contributed by atoms with Crippen LogP contribution in [0.4, 0.5) is 10.2 Å². The molecule has 0 aliphatic carbocycles. The van der Waals surface area contributed by atoms with Crippen molar-refractivity contribution < 1.29 is 65.8 Å². The van der Waals surface area contributed by atoms with E-state index in [0.717, 1.165) is 17.2 Å². The molecular formula is C12H15FN5O13P3. The number of ether oxygens (including phenoxy) is 1. The van der Waals surface area contributed by atoms with Crippen molar-refractivity contribution in [2.75, 3.05) is 12.3 Å². The van der Waals surface area contributed by atoms with Gasteiger partial charge in [0.05, 0.1) is 6.33 Å². The predicted molar refractivity (Wildman–Crippen MR) is 103 cm³/mol. The first-order valence-corrected chi connectivity index (χ1v) is 12.9. The number of nitrogens with zero attached hydrogens (tertiary/aromatic N) is 4. The molecule has 0 saturated carbocycles. The van der Waals surface area contributed by atoms with Crippen LogP contribution in [0.3, 0.4) is 0 Å². The fourth-order valence-electron chi connectivity index (χ4n) is 2.85. The summed E-state index contributed by atoms with van der Waals surface area (Å²) in [6.45, 7) is -1.76. The molecule has 22 heteroatoms. The number of aliphatic hydroxyl groups excluding tert-OH is 1. The average Bonchev–Trinajstić information content (AvgIpc) is 3.19. The van der Waals surface area contributed by atoms with Gasteiger partial charge in [-0.25, -0.2) is 33.0 Å². The number of fused-ring (bicyclic) bond motifs is 1. The van der Waals surface area contributed by atoms with Crippen molar-refractivity contribution in [2.45, 2.75) is 23.8 Å². The Labute approximate surface area is 187 Å². The van der Waals surface area contributed by atoms with Crippen molar-refractivity contribution in [1.29, 1.82) is 0 Å². The standard InChI is InChI=1S/C12H15FN5O13P3/c1-2-11(20)9(19)12(13,3-28-33(24,25)31-34(26,27)30-32(21,22)23)29-10(11)18-5-17-6-7(14)15-4-16-8(6)18/h1,4-5,9-10,19-20H,3H2,(H,24,25)(H,26,27)(H2,14,15,16)(H2,21,22,23)/t9-,10+,11+,12+/m0/s1. The lowest BCUT2D eigenvalue weighted by Crippen LogP contribution is -2.50. The van der Waals surface area contributed by atoms with Crippen molar-refractivity contribution in [1.82, 2.24) is 19.5 Å². The summed E-state index contributed by atoms with van der Waals surface area (Å²) in [6.07, 6.45) is 2.56. The molecule has 1 saturated heterocycles. The van der Waals surface area contributed by atoms with Crippen molar-refractivity contribution in [3.8, 4) is 12.3 Å². The van der Waals surface area contributed by atoms with Gasteiger partial charge in [-0.3, -0.25) is 9.09 Å². The zero-order chi connectivity index (χ0) is 25.7. The Kier molecular flexibility index (Phi) is 6.81. The lowest BCUT2D eigenvalue weighted by Gasteiger charge is -2.26. The number of alkyl halides is 1. The number of hydrogen-bond acceptors (Lipinski definition) is 13. The first-order chi connectivity index (χ1) is 15.4. The highest BCUT2D eigenvalue weighted by Gasteiger charge is 2.66. The van der Waals surface area contributed by atoms with Gasteiger partial charge < -0.3 is 40.3 Å². The second-order valence-corrected chi connectivity index (χ2v) is 11.0. The fourth-order valence-corrected chi connectivity index (χ4v) is 5.88. The summed E-state index contributed by atoms with van der Waals surface area (Å²) in [6, 6.07) is 0. The number of halogens is 1. The molecule has 18 nitrogen and oxygen atoms in total. The summed E-state index contributed by atoms with van der Waals surface area (Å²) in [5.41, 5.74) is 2.66. The van der Waals surface area contributed by atoms with Gasteiger partial charge >= 0.3 is 23.5 Å². The Bertz CT molecular complexity index is 1300. The molecule has 1 aliphatic heterocycles. The Morgan fingerprint density at radius 3 is 2.44 bits per heavy atom. The van der Waals surface area contributed by atoms with E-state index in [1.165, 1.54) is 0 Å². The molecule has 34 heavy (non-hydrogen) atoms. The Balaban J connectivity index is 1.86. The van der Waals surface area contributed by atoms with Gasteiger partial charge in [-0.2, -0.15) is 8.62 Å². The maximum atomic E-state index is 15.4. The average molecular weight is 549 g/mol. The van der Waals surface area contributed by atoms with E-state index in [-0.39, 0.29) is 17.0 Å². The predicted octanol–water partition coefficient (Wildman–Crippen LogP) is -1.33. The number of phosphoric ester groups is 1. The number of aromatic nitrogens is 4. The number of phosphoric acid groups is 3. The largest absolute Gasteiger partial charge is 0.490 e. The summed E-state index contributed by atoms with van der Waals surface area (Å²) >= 11 is 0. The number of aliphatic hydroxyl groups is 2. The summed E-state index contributed by atoms with van der Waals surface area (Å²) in [7, 11) is -17.4. The number of nitrogen functional groups attached to an aromatic ring is 1. The van der Waals surface area contributed by atoms with Crippen LogP contribution in [-0.4, -0.2) is 73.5 Å². The van der Waals surface area contributed by atoms with Gasteiger partial charge in [0.2, 0.25) is 5.60 Å². The van der Waals surface area contributed by atoms with Gasteiger partial charge in [-0.05, 0) is 0 Å². The summed E-state index contributed by atoms with van der Waals surface area (Å²) in [5.74, 6) is -1.94. The smallest absolute Gasteiger partial charge is 0.383 e. The second-order valence-electron chi connectivity index (χ2n) is 6.58. The quantitative estimate of drug-likeness (QED) is 0.148. The van der Waals surface area contributed by atoms with Crippen LogP contribution in [0.25, 0.3) is 11.2 Å². The van der Waals surface area contributed by atoms with Gasteiger partial charge in [0, 0.05) is 0 Å². The molecule has 8 N–H and O–H groups in total. The van der Waals surface area contributed by atoms with E-state index in [1.807, 2.05) is 0 Å². The van der Waals surface area contributed by atoms with E-state index < -0.39 is 53.9 Å². The molecule has 1 fully saturated rings. The molecule has 0 radical (unpaired) electrons. The number of terminal acetylenes is 1. The van der Waals surface area contributed by atoms with E-state index in [1.54, 1.807) is 5.92 Å². The number of nitrogens with two attached hydrogens (primary N) is 1. The van der Waals surface area contributed by atoms with E-state index in [4.69, 9.17) is 31.6 Å². The molecule has 2 unspecified atom stereocenters. The monoisotopic (exact) mass is 549 g/mol. The maximum Gasteiger partial charge on any atom is 0.490 e. The van der Waals surface area contributed by atoms with Crippen LogP contribution in [0, 0.1) is 12.3 Å². The van der Waals surface area contributed by atoms with Crippen molar-refractivity contribution in [3.05, 3.63) is 12.7 Å². The van der Waals surface area contributed by atoms with Crippen LogP contribution in [0.15, 0.2) is 12.7 Å². The number of hydrogen-bond donors (Lipinski definition) is 7. The summed E-state index contributed by atoms with van der Waals surface area (Å²) < 4.78 is 66.3. The zero-order valence-electron chi connectivity index (χ0n) is 16.2. The molecule has 2 aromatic rings. The van der Waals surface area contributed by atoms with Crippen molar-refractivity contribution in [2.24, 2.45) is 0 Å². The highest BCUT2D eigenvalue weighted by Crippen LogP contribution is 2.66. The van der Waals surface area contributed by atoms with E-state index >= 15 is 4.39 Å². The molecule has 3 rings (SSSR count). The third-order valence-electron chi connectivity index (χ3n) is 4.22. The third kappa shape index (κ3) is 5.20. The number of anilines is 1. The van der Waals surface area contributed by atoms with E-state index in [9.17, 15) is 28.8 Å². The minimum atomic E-state index is -5.90. The highest BCUT2D eigenvalue weighted by atomic mass is 31.3. The van der Waals surface area contributed by atoms with Gasteiger partial charge in [0.15, 0.2) is 23.8 Å². The number of rotatable bonds is 8. The van der Waals surface area contributed by atoms with Crippen LogP contribution in [-0.2, 0) is 31.6 Å². The molecule has 0 spiro atoms. The minimum Gasteiger partial charge on any atom is -0.383 e. The van der Waals surface area contributed by atoms with Crippen molar-refractivity contribution in [3.63, 3.8) is 0 Å². The molecule has 0 aromatic carbocycles. The Morgan fingerprint density at radius 2 is 1.85 bits per heavy atom. The first-order valence-electron chi connectivity index (χ1n) is 8.39. The number of imidazole rings is 1. The van der Waals surface area contributed by atoms with Crippen LogP contribution < -0.4 is 5.73 Å². The topological polar surface area (TPSA) is 279 Å². The maximum absolute atomic E-state index is 15.4. The molecule has 0 bridgehead atoms. The molecule has 188 valence electrons. The second kappa shape index (κ2) is 8.66. The molecule has 0 amide bonds. The van der Waals surface area contributed by atoms with Gasteiger partial charge in [-0.1, -0.05) is 5.92 Å². The Morgan fingerprint density at radius 1 is 1.21 bits per heavy atom. The van der Waals surface area contributed by atoms with Crippen LogP contribution in [0.5, 0.6) is 0 Å². The zero-order valence-corrected chi connectivity index (χ0v) is 18.9. The lowest BCUT2D eigenvalue weighted by atomic mass is 9.94. The van der Waals surface area contributed by atoms with Crippen LogP contribution in [0.1, 0.15) is 6.23 Å². The van der Waals surface area contributed by atoms with Crippen LogP contribution in [0.2, 0.25) is 0 Å². The van der Waals surface area contributed by atoms with E-state index in [0.29, 0.717) is 0 Å². The molecule has 3 heterocycles. The van der Waals surface area contributed by atoms with Gasteiger partial charge in [0.25, 0.3) is 5.85 Å². The van der Waals surface area contributed by atoms with Gasteiger partial charge in [0.1, 0.15) is 18.5 Å². The molecule has 6 atom stereocenters. The molecular weight excluding hydrogens is 534 g/mol. The van der Waals surface area contributed by atoms with Crippen LogP contribution >= 0.6 is 23.5 Å². The molecule has 2 aromatic heterocycles. The molecule has 1 aliphatic rings. The normalized spacial score (nSPS) is 31.1. The van der Waals surface area contributed by atoms with E-state index in [2.05, 4.69) is 28.1 Å². The first kappa shape index (κ1) is 26.7. The highest BCUT2D eigenvalue weighted by molar-refractivity contribution is 7.66. The fraction of sp³-hybridized carbons (Fsp3) is 0.417. The SMILES string of the molecule is C#C[C@]1(O)[C@H](n2cnc3c(N)ncnc32)O[C@](F)(COP(=O)(O)OP(=O)(O)OP(=O)(O)O)[C@H]1O.